The predicted molar refractivity (Wildman–Crippen MR) is 93.2 cm³/mol. The van der Waals surface area contributed by atoms with E-state index in [1.165, 1.54) is 4.88 Å². The van der Waals surface area contributed by atoms with Crippen LogP contribution in [0.25, 0.3) is 0 Å². The molecule has 0 aliphatic rings. The van der Waals surface area contributed by atoms with Crippen LogP contribution in [0, 0.1) is 6.92 Å². The van der Waals surface area contributed by atoms with Crippen LogP contribution in [0.4, 0.5) is 5.69 Å². The topological polar surface area (TPSA) is 41.1 Å². The SMILES string of the molecule is CCNC(=O)c1ccc(C)c(NC(C)c2cc(Br)cs2)c1. The smallest absolute Gasteiger partial charge is 0.251 e. The maximum atomic E-state index is 11.9. The van der Waals surface area contributed by atoms with Crippen LogP contribution in [-0.4, -0.2) is 12.5 Å². The van der Waals surface area contributed by atoms with E-state index in [1.807, 2.05) is 32.0 Å². The van der Waals surface area contributed by atoms with Crippen molar-refractivity contribution in [2.24, 2.45) is 0 Å². The first kappa shape index (κ1) is 16.0. The van der Waals surface area contributed by atoms with Gasteiger partial charge in [0.05, 0.1) is 6.04 Å². The molecule has 2 N–H and O–H groups in total. The Morgan fingerprint density at radius 1 is 1.38 bits per heavy atom. The largest absolute Gasteiger partial charge is 0.377 e. The van der Waals surface area contributed by atoms with E-state index in [-0.39, 0.29) is 11.9 Å². The Balaban J connectivity index is 2.19. The van der Waals surface area contributed by atoms with Crippen molar-refractivity contribution in [1.82, 2.24) is 5.32 Å². The highest BCUT2D eigenvalue weighted by molar-refractivity contribution is 9.10. The Morgan fingerprint density at radius 3 is 2.76 bits per heavy atom. The Bertz CT molecular complexity index is 639. The molecule has 3 nitrogen and oxygen atoms in total. The number of thiophene rings is 1. The van der Waals surface area contributed by atoms with E-state index in [4.69, 9.17) is 0 Å². The van der Waals surface area contributed by atoms with E-state index >= 15 is 0 Å². The Labute approximate surface area is 137 Å². The maximum Gasteiger partial charge on any atom is 0.251 e. The summed E-state index contributed by atoms with van der Waals surface area (Å²) >= 11 is 5.19. The van der Waals surface area contributed by atoms with Crippen molar-refractivity contribution in [3.8, 4) is 0 Å². The van der Waals surface area contributed by atoms with Crippen molar-refractivity contribution < 1.29 is 4.79 Å². The molecule has 0 fully saturated rings. The second kappa shape index (κ2) is 7.09. The summed E-state index contributed by atoms with van der Waals surface area (Å²) in [4.78, 5) is 13.2. The first-order valence-electron chi connectivity index (χ1n) is 6.90. The number of hydrogen-bond acceptors (Lipinski definition) is 3. The standard InChI is InChI=1S/C16H19BrN2OS/c1-4-18-16(20)12-6-5-10(2)14(7-12)19-11(3)15-8-13(17)9-21-15/h5-9,11,19H,4H2,1-3H3,(H,18,20). The highest BCUT2D eigenvalue weighted by Gasteiger charge is 2.11. The minimum absolute atomic E-state index is 0.0351. The zero-order valence-corrected chi connectivity index (χ0v) is 14.8. The first-order valence-corrected chi connectivity index (χ1v) is 8.58. The van der Waals surface area contributed by atoms with Gasteiger partial charge in [-0.1, -0.05) is 6.07 Å². The monoisotopic (exact) mass is 366 g/mol. The lowest BCUT2D eigenvalue weighted by Gasteiger charge is -2.17. The fraction of sp³-hybridized carbons (Fsp3) is 0.312. The Kier molecular flexibility index (Phi) is 5.42. The lowest BCUT2D eigenvalue weighted by Crippen LogP contribution is -2.22. The molecule has 5 heteroatoms. The van der Waals surface area contributed by atoms with Gasteiger partial charge in [-0.3, -0.25) is 4.79 Å². The maximum absolute atomic E-state index is 11.9. The highest BCUT2D eigenvalue weighted by atomic mass is 79.9. The van der Waals surface area contributed by atoms with Crippen LogP contribution in [0.1, 0.15) is 40.7 Å². The lowest BCUT2D eigenvalue weighted by atomic mass is 10.1. The number of aryl methyl sites for hydroxylation is 1. The van der Waals surface area contributed by atoms with Crippen LogP contribution in [0.2, 0.25) is 0 Å². The summed E-state index contributed by atoms with van der Waals surface area (Å²) in [5.74, 6) is -0.0351. The molecule has 0 saturated carbocycles. The van der Waals surface area contributed by atoms with Gasteiger partial charge in [-0.2, -0.15) is 0 Å². The van der Waals surface area contributed by atoms with Crippen LogP contribution >= 0.6 is 27.3 Å². The number of halogens is 1. The van der Waals surface area contributed by atoms with Crippen LogP contribution < -0.4 is 10.6 Å². The van der Waals surface area contributed by atoms with Gasteiger partial charge in [-0.05, 0) is 60.5 Å². The molecule has 112 valence electrons. The number of benzene rings is 1. The van der Waals surface area contributed by atoms with Gasteiger partial charge in [0.2, 0.25) is 0 Å². The van der Waals surface area contributed by atoms with Crippen LogP contribution in [0.15, 0.2) is 34.1 Å². The zero-order chi connectivity index (χ0) is 15.4. The first-order chi connectivity index (χ1) is 10.0. The summed E-state index contributed by atoms with van der Waals surface area (Å²) in [7, 11) is 0. The van der Waals surface area contributed by atoms with Gasteiger partial charge in [0.1, 0.15) is 0 Å². The third-order valence-electron chi connectivity index (χ3n) is 3.22. The minimum Gasteiger partial charge on any atom is -0.377 e. The van der Waals surface area contributed by atoms with Crippen LogP contribution in [0.5, 0.6) is 0 Å². The molecule has 0 aliphatic carbocycles. The van der Waals surface area contributed by atoms with E-state index in [1.54, 1.807) is 11.3 Å². The van der Waals surface area contributed by atoms with Crippen molar-refractivity contribution >= 4 is 38.9 Å². The molecule has 1 aromatic heterocycles. The molecule has 2 rings (SSSR count). The molecule has 1 aromatic carbocycles. The second-order valence-electron chi connectivity index (χ2n) is 4.92. The van der Waals surface area contributed by atoms with Crippen molar-refractivity contribution in [2.75, 3.05) is 11.9 Å². The van der Waals surface area contributed by atoms with Crippen molar-refractivity contribution in [3.63, 3.8) is 0 Å². The number of nitrogens with one attached hydrogen (secondary N) is 2. The molecule has 0 saturated heterocycles. The number of carbonyl (C=O) groups is 1. The number of carbonyl (C=O) groups excluding carboxylic acids is 1. The number of amides is 1. The molecule has 0 spiro atoms. The van der Waals surface area contributed by atoms with Gasteiger partial charge in [0.25, 0.3) is 5.91 Å². The third kappa shape index (κ3) is 4.08. The molecule has 1 heterocycles. The summed E-state index contributed by atoms with van der Waals surface area (Å²) < 4.78 is 1.10. The van der Waals surface area contributed by atoms with E-state index in [9.17, 15) is 4.79 Å². The summed E-state index contributed by atoms with van der Waals surface area (Å²) in [5.41, 5.74) is 2.81. The second-order valence-corrected chi connectivity index (χ2v) is 6.78. The zero-order valence-electron chi connectivity index (χ0n) is 12.4. The van der Waals surface area contributed by atoms with Crippen LogP contribution in [0.3, 0.4) is 0 Å². The number of anilines is 1. The molecule has 0 radical (unpaired) electrons. The van der Waals surface area contributed by atoms with E-state index < -0.39 is 0 Å². The van der Waals surface area contributed by atoms with Crippen molar-refractivity contribution in [3.05, 3.63) is 50.1 Å². The fourth-order valence-corrected chi connectivity index (χ4v) is 3.49. The molecule has 21 heavy (non-hydrogen) atoms. The third-order valence-corrected chi connectivity index (χ3v) is 5.10. The molecule has 0 aliphatic heterocycles. The normalized spacial score (nSPS) is 12.0. The molecule has 0 bridgehead atoms. The van der Waals surface area contributed by atoms with Gasteiger partial charge >= 0.3 is 0 Å². The van der Waals surface area contributed by atoms with Gasteiger partial charge in [-0.15, -0.1) is 11.3 Å². The summed E-state index contributed by atoms with van der Waals surface area (Å²) in [6.07, 6.45) is 0. The number of rotatable bonds is 5. The van der Waals surface area contributed by atoms with E-state index in [0.717, 1.165) is 15.7 Å². The molecular weight excluding hydrogens is 348 g/mol. The molecule has 1 amide bonds. The Hall–Kier alpha value is -1.33. The van der Waals surface area contributed by atoms with Gasteiger partial charge in [0, 0.05) is 32.5 Å². The van der Waals surface area contributed by atoms with E-state index in [0.29, 0.717) is 12.1 Å². The molecular formula is C16H19BrN2OS. The van der Waals surface area contributed by atoms with Crippen molar-refractivity contribution in [2.45, 2.75) is 26.8 Å². The van der Waals surface area contributed by atoms with Gasteiger partial charge in [0.15, 0.2) is 0 Å². The van der Waals surface area contributed by atoms with Gasteiger partial charge < -0.3 is 10.6 Å². The van der Waals surface area contributed by atoms with Gasteiger partial charge in [-0.25, -0.2) is 0 Å². The quantitative estimate of drug-likeness (QED) is 0.801. The summed E-state index contributed by atoms with van der Waals surface area (Å²) in [5, 5.41) is 8.39. The van der Waals surface area contributed by atoms with Crippen LogP contribution in [-0.2, 0) is 0 Å². The predicted octanol–water partition coefficient (Wildman–Crippen LogP) is 4.74. The summed E-state index contributed by atoms with van der Waals surface area (Å²) in [6.45, 7) is 6.72. The van der Waals surface area contributed by atoms with E-state index in [2.05, 4.69) is 44.9 Å². The fourth-order valence-electron chi connectivity index (χ4n) is 2.04. The number of hydrogen-bond donors (Lipinski definition) is 2. The average Bonchev–Trinajstić information content (AvgIpc) is 2.88. The summed E-state index contributed by atoms with van der Waals surface area (Å²) in [6, 6.07) is 8.07. The molecule has 1 unspecified atom stereocenters. The molecule has 2 aromatic rings. The highest BCUT2D eigenvalue weighted by Crippen LogP contribution is 2.29. The Morgan fingerprint density at radius 2 is 2.14 bits per heavy atom. The molecule has 1 atom stereocenters. The average molecular weight is 367 g/mol. The van der Waals surface area contributed by atoms with Crippen molar-refractivity contribution in [1.29, 1.82) is 0 Å². The lowest BCUT2D eigenvalue weighted by molar-refractivity contribution is 0.0956. The minimum atomic E-state index is -0.0351.